The van der Waals surface area contributed by atoms with Crippen LogP contribution in [0.4, 0.5) is 17.1 Å². The van der Waals surface area contributed by atoms with Crippen molar-refractivity contribution in [1.29, 1.82) is 0 Å². The van der Waals surface area contributed by atoms with Gasteiger partial charge in [0.25, 0.3) is 5.91 Å². The molecule has 6 nitrogen and oxygen atoms in total. The van der Waals surface area contributed by atoms with E-state index in [0.717, 1.165) is 43.2 Å². The highest BCUT2D eigenvalue weighted by Crippen LogP contribution is 2.24. The Morgan fingerprint density at radius 3 is 2.10 bits per heavy atom. The molecule has 1 unspecified atom stereocenters. The zero-order valence-electron chi connectivity index (χ0n) is 18.3. The molecule has 2 aromatic rings. The van der Waals surface area contributed by atoms with Gasteiger partial charge in [-0.15, -0.1) is 0 Å². The number of nitrogens with one attached hydrogen (secondary N) is 2. The highest BCUT2D eigenvalue weighted by Gasteiger charge is 2.17. The Labute approximate surface area is 184 Å². The highest BCUT2D eigenvalue weighted by atomic mass is 16.2. The van der Waals surface area contributed by atoms with E-state index in [-0.39, 0.29) is 24.3 Å². The lowest BCUT2D eigenvalue weighted by molar-refractivity contribution is -0.116. The Balaban J connectivity index is 1.30. The third kappa shape index (κ3) is 5.57. The monoisotopic (exact) mass is 420 g/mol. The van der Waals surface area contributed by atoms with E-state index in [1.807, 2.05) is 43.3 Å². The number of anilines is 3. The average molecular weight is 421 g/mol. The first-order valence-electron chi connectivity index (χ1n) is 11.4. The molecule has 2 aliphatic rings. The summed E-state index contributed by atoms with van der Waals surface area (Å²) in [6.07, 6.45) is 5.06. The Kier molecular flexibility index (Phi) is 6.75. The Bertz CT molecular complexity index is 917. The Hall–Kier alpha value is -3.02. The van der Waals surface area contributed by atoms with E-state index in [0.29, 0.717) is 5.56 Å². The molecular weight excluding hydrogens is 388 g/mol. The summed E-state index contributed by atoms with van der Waals surface area (Å²) in [4.78, 5) is 29.9. The van der Waals surface area contributed by atoms with Crippen LogP contribution in [0.2, 0.25) is 0 Å². The molecule has 2 N–H and O–H groups in total. The molecule has 2 aliphatic heterocycles. The maximum Gasteiger partial charge on any atom is 0.251 e. The van der Waals surface area contributed by atoms with E-state index in [2.05, 4.69) is 32.6 Å². The second-order valence-electron chi connectivity index (χ2n) is 8.62. The second kappa shape index (κ2) is 9.86. The third-order valence-electron chi connectivity index (χ3n) is 6.05. The van der Waals surface area contributed by atoms with E-state index in [4.69, 9.17) is 0 Å². The molecule has 0 spiro atoms. The van der Waals surface area contributed by atoms with Gasteiger partial charge in [-0.25, -0.2) is 0 Å². The van der Waals surface area contributed by atoms with Crippen LogP contribution in [-0.2, 0) is 4.79 Å². The lowest BCUT2D eigenvalue weighted by atomic mass is 10.1. The van der Waals surface area contributed by atoms with Crippen molar-refractivity contribution in [2.24, 2.45) is 0 Å². The van der Waals surface area contributed by atoms with Gasteiger partial charge in [0.05, 0.1) is 0 Å². The molecule has 2 heterocycles. The van der Waals surface area contributed by atoms with Crippen LogP contribution in [-0.4, -0.2) is 44.0 Å². The minimum absolute atomic E-state index is 0.0998. The maximum atomic E-state index is 12.7. The Morgan fingerprint density at radius 1 is 0.871 bits per heavy atom. The summed E-state index contributed by atoms with van der Waals surface area (Å²) in [5.41, 5.74) is 3.67. The fourth-order valence-corrected chi connectivity index (χ4v) is 4.42. The summed E-state index contributed by atoms with van der Waals surface area (Å²) < 4.78 is 0. The molecule has 2 amide bonds. The van der Waals surface area contributed by atoms with E-state index < -0.39 is 0 Å². The largest absolute Gasteiger partial charge is 0.372 e. The maximum absolute atomic E-state index is 12.7. The molecule has 6 heteroatoms. The van der Waals surface area contributed by atoms with E-state index >= 15 is 0 Å². The fourth-order valence-electron chi connectivity index (χ4n) is 4.42. The number of amides is 2. The quantitative estimate of drug-likeness (QED) is 0.710. The van der Waals surface area contributed by atoms with Gasteiger partial charge >= 0.3 is 0 Å². The summed E-state index contributed by atoms with van der Waals surface area (Å²) in [6, 6.07) is 15.5. The third-order valence-corrected chi connectivity index (χ3v) is 6.05. The van der Waals surface area contributed by atoms with Crippen LogP contribution in [0, 0.1) is 0 Å². The molecule has 164 valence electrons. The number of carbonyl (C=O) groups is 2. The van der Waals surface area contributed by atoms with Crippen molar-refractivity contribution in [2.45, 2.75) is 45.1 Å². The van der Waals surface area contributed by atoms with Crippen molar-refractivity contribution < 1.29 is 9.59 Å². The summed E-state index contributed by atoms with van der Waals surface area (Å²) >= 11 is 0. The predicted molar refractivity (Wildman–Crippen MR) is 126 cm³/mol. The zero-order valence-corrected chi connectivity index (χ0v) is 18.3. The molecule has 0 bridgehead atoms. The van der Waals surface area contributed by atoms with Gasteiger partial charge in [0.1, 0.15) is 0 Å². The van der Waals surface area contributed by atoms with Gasteiger partial charge in [0.2, 0.25) is 5.91 Å². The molecule has 31 heavy (non-hydrogen) atoms. The normalized spacial score (nSPS) is 16.9. The van der Waals surface area contributed by atoms with Crippen LogP contribution >= 0.6 is 0 Å². The molecule has 0 saturated carbocycles. The zero-order chi connectivity index (χ0) is 21.6. The van der Waals surface area contributed by atoms with Gasteiger partial charge < -0.3 is 20.4 Å². The van der Waals surface area contributed by atoms with Crippen molar-refractivity contribution in [1.82, 2.24) is 5.32 Å². The van der Waals surface area contributed by atoms with Crippen LogP contribution in [0.15, 0.2) is 48.5 Å². The molecule has 2 fully saturated rings. The van der Waals surface area contributed by atoms with Gasteiger partial charge in [-0.05, 0) is 69.0 Å². The van der Waals surface area contributed by atoms with Gasteiger partial charge in [0.15, 0.2) is 0 Å². The summed E-state index contributed by atoms with van der Waals surface area (Å²) in [5.74, 6) is -0.241. The molecule has 1 atom stereocenters. The number of benzene rings is 2. The van der Waals surface area contributed by atoms with Crippen LogP contribution in [0.25, 0.3) is 0 Å². The van der Waals surface area contributed by atoms with Crippen LogP contribution < -0.4 is 20.4 Å². The number of carbonyl (C=O) groups excluding carboxylic acids is 2. The van der Waals surface area contributed by atoms with Gasteiger partial charge in [-0.1, -0.05) is 12.1 Å². The van der Waals surface area contributed by atoms with E-state index in [1.54, 1.807) is 0 Å². The first-order chi connectivity index (χ1) is 15.1. The molecule has 2 saturated heterocycles. The number of rotatable bonds is 7. The van der Waals surface area contributed by atoms with Gasteiger partial charge in [-0.2, -0.15) is 0 Å². The average Bonchev–Trinajstić information content (AvgIpc) is 3.48. The molecule has 0 aromatic heterocycles. The van der Waals surface area contributed by atoms with Crippen molar-refractivity contribution >= 4 is 28.9 Å². The van der Waals surface area contributed by atoms with Crippen LogP contribution in [0.3, 0.4) is 0 Å². The predicted octanol–water partition coefficient (Wildman–Crippen LogP) is 4.03. The molecule has 4 rings (SSSR count). The first kappa shape index (κ1) is 21.2. The van der Waals surface area contributed by atoms with E-state index in [9.17, 15) is 9.59 Å². The topological polar surface area (TPSA) is 64.7 Å². The molecular formula is C25H32N4O2. The van der Waals surface area contributed by atoms with Crippen molar-refractivity contribution in [3.05, 3.63) is 54.1 Å². The summed E-state index contributed by atoms with van der Waals surface area (Å²) in [6.45, 7) is 6.09. The van der Waals surface area contributed by atoms with Gasteiger partial charge in [0, 0.05) is 61.3 Å². The number of hydrogen-bond acceptors (Lipinski definition) is 4. The standard InChI is InChI=1S/C25H32N4O2/c1-19(26-25(31)20-8-6-10-22(17-20)28-12-2-3-13-28)16-24(30)27-21-9-7-11-23(18-21)29-14-4-5-15-29/h6-11,17-19H,2-5,12-16H2,1H3,(H,26,31)(H,27,30). The molecule has 0 radical (unpaired) electrons. The number of hydrogen-bond donors (Lipinski definition) is 2. The lowest BCUT2D eigenvalue weighted by Crippen LogP contribution is -2.35. The lowest BCUT2D eigenvalue weighted by Gasteiger charge is -2.19. The van der Waals surface area contributed by atoms with Gasteiger partial charge in [-0.3, -0.25) is 9.59 Å². The number of nitrogens with zero attached hydrogens (tertiary/aromatic N) is 2. The summed E-state index contributed by atoms with van der Waals surface area (Å²) in [7, 11) is 0. The van der Waals surface area contributed by atoms with Crippen molar-refractivity contribution in [3.63, 3.8) is 0 Å². The highest BCUT2D eigenvalue weighted by molar-refractivity contribution is 5.96. The Morgan fingerprint density at radius 2 is 1.45 bits per heavy atom. The second-order valence-corrected chi connectivity index (χ2v) is 8.62. The van der Waals surface area contributed by atoms with Crippen LogP contribution in [0.5, 0.6) is 0 Å². The summed E-state index contributed by atoms with van der Waals surface area (Å²) in [5, 5.41) is 5.93. The minimum atomic E-state index is -0.260. The fraction of sp³-hybridized carbons (Fsp3) is 0.440. The smallest absolute Gasteiger partial charge is 0.251 e. The first-order valence-corrected chi connectivity index (χ1v) is 11.4. The SMILES string of the molecule is CC(CC(=O)Nc1cccc(N2CCCC2)c1)NC(=O)c1cccc(N2CCCC2)c1. The van der Waals surface area contributed by atoms with Crippen molar-refractivity contribution in [3.8, 4) is 0 Å². The molecule has 0 aliphatic carbocycles. The minimum Gasteiger partial charge on any atom is -0.372 e. The van der Waals surface area contributed by atoms with Crippen LogP contribution in [0.1, 0.15) is 49.4 Å². The van der Waals surface area contributed by atoms with E-state index in [1.165, 1.54) is 25.7 Å². The molecule has 2 aromatic carbocycles. The van der Waals surface area contributed by atoms with Crippen molar-refractivity contribution in [2.75, 3.05) is 41.3 Å².